The number of rotatable bonds is 5. The lowest BCUT2D eigenvalue weighted by Crippen LogP contribution is -2.46. The third-order valence-electron chi connectivity index (χ3n) is 3.15. The Morgan fingerprint density at radius 3 is 2.76 bits per heavy atom. The largest absolute Gasteiger partial charge is 0.445 e. The minimum atomic E-state index is 0.724. The molecule has 5 nitrogen and oxygen atoms in total. The quantitative estimate of drug-likeness (QED) is 0.749. The van der Waals surface area contributed by atoms with E-state index in [4.69, 9.17) is 4.42 Å². The predicted octanol–water partition coefficient (Wildman–Crippen LogP) is 0.320. The van der Waals surface area contributed by atoms with E-state index in [1.807, 2.05) is 6.92 Å². The van der Waals surface area contributed by atoms with Crippen LogP contribution in [-0.4, -0.2) is 61.1 Å². The maximum atomic E-state index is 5.40. The van der Waals surface area contributed by atoms with Crippen LogP contribution in [0.1, 0.15) is 11.7 Å². The second kappa shape index (κ2) is 6.14. The predicted molar refractivity (Wildman–Crippen MR) is 66.9 cm³/mol. The normalized spacial score (nSPS) is 18.7. The second-order valence-corrected chi connectivity index (χ2v) is 4.69. The van der Waals surface area contributed by atoms with Gasteiger partial charge in [0, 0.05) is 39.3 Å². The first-order valence-electron chi connectivity index (χ1n) is 6.27. The highest BCUT2D eigenvalue weighted by molar-refractivity contribution is 4.90. The first-order valence-corrected chi connectivity index (χ1v) is 6.27. The Kier molecular flexibility index (Phi) is 4.53. The molecule has 0 aliphatic carbocycles. The zero-order valence-electron chi connectivity index (χ0n) is 10.8. The molecule has 0 atom stereocenters. The first kappa shape index (κ1) is 12.5. The number of hydrogen-bond acceptors (Lipinski definition) is 5. The summed E-state index contributed by atoms with van der Waals surface area (Å²) in [5, 5.41) is 3.36. The van der Waals surface area contributed by atoms with E-state index in [1.54, 1.807) is 6.20 Å². The molecule has 0 saturated carbocycles. The van der Waals surface area contributed by atoms with Crippen molar-refractivity contribution >= 4 is 0 Å². The van der Waals surface area contributed by atoms with Crippen molar-refractivity contribution in [3.05, 3.63) is 17.8 Å². The van der Waals surface area contributed by atoms with Crippen molar-refractivity contribution in [2.24, 2.45) is 0 Å². The Labute approximate surface area is 103 Å². The van der Waals surface area contributed by atoms with Crippen molar-refractivity contribution in [2.75, 3.05) is 46.3 Å². The Bertz CT molecular complexity index is 331. The summed E-state index contributed by atoms with van der Waals surface area (Å²) in [6.45, 7) is 9.45. The van der Waals surface area contributed by atoms with Crippen LogP contribution in [0.4, 0.5) is 0 Å². The van der Waals surface area contributed by atoms with Gasteiger partial charge in [0.15, 0.2) is 0 Å². The fraction of sp³-hybridized carbons (Fsp3) is 0.750. The van der Waals surface area contributed by atoms with E-state index in [0.29, 0.717) is 0 Å². The van der Waals surface area contributed by atoms with Crippen molar-refractivity contribution in [2.45, 2.75) is 13.5 Å². The first-order chi connectivity index (χ1) is 8.24. The SMILES string of the molecule is Cc1cnc(CNCCN2CCN(C)CC2)o1. The van der Waals surface area contributed by atoms with Crippen LogP contribution in [0.5, 0.6) is 0 Å². The minimum absolute atomic E-state index is 0.724. The molecule has 0 amide bonds. The van der Waals surface area contributed by atoms with E-state index >= 15 is 0 Å². The van der Waals surface area contributed by atoms with Crippen molar-refractivity contribution in [3.63, 3.8) is 0 Å². The summed E-state index contributed by atoms with van der Waals surface area (Å²) in [5.74, 6) is 1.65. The van der Waals surface area contributed by atoms with Gasteiger partial charge in [-0.2, -0.15) is 0 Å². The number of piperazine rings is 1. The molecule has 0 aromatic carbocycles. The zero-order chi connectivity index (χ0) is 12.1. The summed E-state index contributed by atoms with van der Waals surface area (Å²) in [6, 6.07) is 0. The maximum absolute atomic E-state index is 5.40. The van der Waals surface area contributed by atoms with Gasteiger partial charge in [-0.15, -0.1) is 0 Å². The number of aromatic nitrogens is 1. The summed E-state index contributed by atoms with van der Waals surface area (Å²) >= 11 is 0. The number of oxazole rings is 1. The molecule has 96 valence electrons. The molecular weight excluding hydrogens is 216 g/mol. The van der Waals surface area contributed by atoms with E-state index < -0.39 is 0 Å². The molecule has 1 N–H and O–H groups in total. The average molecular weight is 238 g/mol. The highest BCUT2D eigenvalue weighted by atomic mass is 16.4. The van der Waals surface area contributed by atoms with Gasteiger partial charge in [0.1, 0.15) is 5.76 Å². The van der Waals surface area contributed by atoms with Gasteiger partial charge in [-0.1, -0.05) is 0 Å². The monoisotopic (exact) mass is 238 g/mol. The highest BCUT2D eigenvalue weighted by Gasteiger charge is 2.12. The standard InChI is InChI=1S/C12H22N4O/c1-11-9-14-12(17-11)10-13-3-4-16-7-5-15(2)6-8-16/h9,13H,3-8,10H2,1-2H3. The van der Waals surface area contributed by atoms with Gasteiger partial charge in [0.2, 0.25) is 5.89 Å². The smallest absolute Gasteiger partial charge is 0.208 e. The van der Waals surface area contributed by atoms with Crippen LogP contribution in [0.2, 0.25) is 0 Å². The fourth-order valence-corrected chi connectivity index (χ4v) is 1.99. The van der Waals surface area contributed by atoms with Crippen LogP contribution in [0.25, 0.3) is 0 Å². The van der Waals surface area contributed by atoms with Gasteiger partial charge in [0.25, 0.3) is 0 Å². The van der Waals surface area contributed by atoms with Crippen molar-refractivity contribution in [1.82, 2.24) is 20.1 Å². The van der Waals surface area contributed by atoms with Gasteiger partial charge >= 0.3 is 0 Å². The Balaban J connectivity index is 1.57. The number of aryl methyl sites for hydroxylation is 1. The second-order valence-electron chi connectivity index (χ2n) is 4.69. The van der Waals surface area contributed by atoms with Crippen molar-refractivity contribution < 1.29 is 4.42 Å². The van der Waals surface area contributed by atoms with Gasteiger partial charge in [-0.05, 0) is 14.0 Å². The molecule has 0 unspecified atom stereocenters. The molecule has 2 heterocycles. The third-order valence-corrected chi connectivity index (χ3v) is 3.15. The summed E-state index contributed by atoms with van der Waals surface area (Å²) in [4.78, 5) is 9.03. The Morgan fingerprint density at radius 2 is 2.12 bits per heavy atom. The van der Waals surface area contributed by atoms with Crippen molar-refractivity contribution in [3.8, 4) is 0 Å². The molecule has 1 aromatic heterocycles. The van der Waals surface area contributed by atoms with Crippen LogP contribution in [-0.2, 0) is 6.54 Å². The van der Waals surface area contributed by atoms with Gasteiger partial charge in [-0.3, -0.25) is 4.90 Å². The van der Waals surface area contributed by atoms with Gasteiger partial charge in [-0.25, -0.2) is 4.98 Å². The van der Waals surface area contributed by atoms with Crippen LogP contribution in [0.15, 0.2) is 10.6 Å². The molecule has 0 radical (unpaired) electrons. The molecule has 0 bridgehead atoms. The summed E-state index contributed by atoms with van der Waals surface area (Å²) < 4.78 is 5.40. The summed E-state index contributed by atoms with van der Waals surface area (Å²) in [7, 11) is 2.18. The lowest BCUT2D eigenvalue weighted by molar-refractivity contribution is 0.154. The topological polar surface area (TPSA) is 44.5 Å². The molecule has 1 saturated heterocycles. The molecule has 5 heteroatoms. The van der Waals surface area contributed by atoms with E-state index in [-0.39, 0.29) is 0 Å². The molecular formula is C12H22N4O. The average Bonchev–Trinajstić information content (AvgIpc) is 2.73. The van der Waals surface area contributed by atoms with Crippen LogP contribution in [0, 0.1) is 6.92 Å². The molecule has 1 fully saturated rings. The molecule has 1 aliphatic rings. The summed E-state index contributed by atoms with van der Waals surface area (Å²) in [5.41, 5.74) is 0. The third kappa shape index (κ3) is 4.11. The van der Waals surface area contributed by atoms with Crippen LogP contribution < -0.4 is 5.32 Å². The Hall–Kier alpha value is -0.910. The molecule has 17 heavy (non-hydrogen) atoms. The Morgan fingerprint density at radius 1 is 1.35 bits per heavy atom. The zero-order valence-corrected chi connectivity index (χ0v) is 10.8. The molecule has 1 aliphatic heterocycles. The van der Waals surface area contributed by atoms with Crippen molar-refractivity contribution in [1.29, 1.82) is 0 Å². The molecule has 1 aromatic rings. The molecule has 2 rings (SSSR count). The van der Waals surface area contributed by atoms with E-state index in [1.165, 1.54) is 26.2 Å². The van der Waals surface area contributed by atoms with Gasteiger partial charge in [0.05, 0.1) is 12.7 Å². The number of nitrogens with one attached hydrogen (secondary N) is 1. The van der Waals surface area contributed by atoms with Crippen LogP contribution in [0.3, 0.4) is 0 Å². The molecule has 0 spiro atoms. The van der Waals surface area contributed by atoms with Gasteiger partial charge < -0.3 is 14.6 Å². The maximum Gasteiger partial charge on any atom is 0.208 e. The minimum Gasteiger partial charge on any atom is -0.445 e. The summed E-state index contributed by atoms with van der Waals surface area (Å²) in [6.07, 6.45) is 1.76. The fourth-order valence-electron chi connectivity index (χ4n) is 1.99. The van der Waals surface area contributed by atoms with E-state index in [9.17, 15) is 0 Å². The van der Waals surface area contributed by atoms with Crippen LogP contribution >= 0.6 is 0 Å². The lowest BCUT2D eigenvalue weighted by Gasteiger charge is -2.32. The number of nitrogens with zero attached hydrogens (tertiary/aromatic N) is 3. The van der Waals surface area contributed by atoms with E-state index in [0.717, 1.165) is 31.3 Å². The highest BCUT2D eigenvalue weighted by Crippen LogP contribution is 2.01. The number of likely N-dealkylation sites (N-methyl/N-ethyl adjacent to an activating group) is 1. The number of hydrogen-bond donors (Lipinski definition) is 1. The lowest BCUT2D eigenvalue weighted by atomic mass is 10.3. The van der Waals surface area contributed by atoms with E-state index in [2.05, 4.69) is 27.1 Å².